The second kappa shape index (κ2) is 3.84. The molecule has 80 valence electrons. The van der Waals surface area contributed by atoms with Crippen molar-refractivity contribution in [3.63, 3.8) is 0 Å². The first kappa shape index (κ1) is 9.89. The molecule has 0 spiro atoms. The Morgan fingerprint density at radius 1 is 1.53 bits per heavy atom. The van der Waals surface area contributed by atoms with E-state index < -0.39 is 5.97 Å². The molecule has 1 aliphatic carbocycles. The summed E-state index contributed by atoms with van der Waals surface area (Å²) in [5, 5.41) is 3.60. The molecular formula is C10H11NO4. The zero-order valence-electron chi connectivity index (χ0n) is 8.41. The molecule has 0 bridgehead atoms. The molecular weight excluding hydrogens is 198 g/mol. The highest BCUT2D eigenvalue weighted by Gasteiger charge is 2.29. The first-order valence-electron chi connectivity index (χ1n) is 4.93. The molecule has 0 N–H and O–H groups in total. The molecule has 0 unspecified atom stereocenters. The number of nitrogens with zero attached hydrogens (tertiary/aromatic N) is 1. The molecule has 0 aliphatic heterocycles. The zero-order chi connectivity index (χ0) is 10.8. The fourth-order valence-electron chi connectivity index (χ4n) is 1.66. The second-order valence-corrected chi connectivity index (χ2v) is 3.34. The van der Waals surface area contributed by atoms with Gasteiger partial charge in [-0.05, 0) is 19.8 Å². The summed E-state index contributed by atoms with van der Waals surface area (Å²) in [6.07, 6.45) is 1.85. The molecule has 1 aromatic heterocycles. The number of carbonyl (C=O) groups is 2. The Morgan fingerprint density at radius 2 is 2.33 bits per heavy atom. The second-order valence-electron chi connectivity index (χ2n) is 3.34. The SMILES string of the molecule is CCOC(=O)c1noc2c1CCCC2=O. The topological polar surface area (TPSA) is 69.4 Å². The molecule has 0 saturated carbocycles. The number of rotatable bonds is 2. The third kappa shape index (κ3) is 1.65. The molecule has 5 nitrogen and oxygen atoms in total. The van der Waals surface area contributed by atoms with Crippen LogP contribution in [0.25, 0.3) is 0 Å². The van der Waals surface area contributed by atoms with Gasteiger partial charge in [-0.1, -0.05) is 5.16 Å². The molecule has 1 heterocycles. The molecule has 15 heavy (non-hydrogen) atoms. The maximum Gasteiger partial charge on any atom is 0.360 e. The number of hydrogen-bond donors (Lipinski definition) is 0. The van der Waals surface area contributed by atoms with Crippen LogP contribution in [0.4, 0.5) is 0 Å². The van der Waals surface area contributed by atoms with Crippen LogP contribution in [-0.2, 0) is 11.2 Å². The normalized spacial score (nSPS) is 14.9. The van der Waals surface area contributed by atoms with Crippen molar-refractivity contribution in [1.82, 2.24) is 5.16 Å². The smallest absolute Gasteiger partial charge is 0.360 e. The van der Waals surface area contributed by atoms with Gasteiger partial charge in [-0.3, -0.25) is 4.79 Å². The number of fused-ring (bicyclic) bond motifs is 1. The number of Topliss-reactive ketones (excluding diaryl/α,β-unsaturated/α-hetero) is 1. The number of esters is 1. The minimum absolute atomic E-state index is 0.0840. The van der Waals surface area contributed by atoms with Crippen molar-refractivity contribution in [3.8, 4) is 0 Å². The molecule has 0 fully saturated rings. The van der Waals surface area contributed by atoms with Crippen LogP contribution in [0.15, 0.2) is 4.52 Å². The number of ketones is 1. The van der Waals surface area contributed by atoms with E-state index in [2.05, 4.69) is 5.16 Å². The summed E-state index contributed by atoms with van der Waals surface area (Å²) in [6, 6.07) is 0. The Balaban J connectivity index is 2.34. The third-order valence-electron chi connectivity index (χ3n) is 2.34. The highest BCUT2D eigenvalue weighted by Crippen LogP contribution is 2.24. The number of carbonyl (C=O) groups excluding carboxylic acids is 2. The van der Waals surface area contributed by atoms with Crippen LogP contribution >= 0.6 is 0 Å². The Morgan fingerprint density at radius 3 is 3.07 bits per heavy atom. The summed E-state index contributed by atoms with van der Waals surface area (Å²) in [6.45, 7) is 2.00. The van der Waals surface area contributed by atoms with Crippen molar-refractivity contribution in [2.45, 2.75) is 26.2 Å². The first-order valence-corrected chi connectivity index (χ1v) is 4.93. The Hall–Kier alpha value is -1.65. The lowest BCUT2D eigenvalue weighted by molar-refractivity contribution is 0.0513. The Bertz CT molecular complexity index is 408. The molecule has 1 aromatic rings. The predicted molar refractivity (Wildman–Crippen MR) is 49.7 cm³/mol. The van der Waals surface area contributed by atoms with Crippen molar-refractivity contribution < 1.29 is 18.8 Å². The molecule has 2 rings (SSSR count). The maximum absolute atomic E-state index is 11.4. The minimum Gasteiger partial charge on any atom is -0.461 e. The van der Waals surface area contributed by atoms with Gasteiger partial charge in [0.1, 0.15) is 0 Å². The number of aromatic nitrogens is 1. The van der Waals surface area contributed by atoms with Crippen LogP contribution in [0, 0.1) is 0 Å². The van der Waals surface area contributed by atoms with Gasteiger partial charge in [-0.25, -0.2) is 4.79 Å². The van der Waals surface area contributed by atoms with Gasteiger partial charge in [0.25, 0.3) is 0 Å². The summed E-state index contributed by atoms with van der Waals surface area (Å²) in [5.74, 6) is -0.374. The van der Waals surface area contributed by atoms with Crippen molar-refractivity contribution in [2.75, 3.05) is 6.61 Å². The summed E-state index contributed by atoms with van der Waals surface area (Å²) in [5.41, 5.74) is 0.754. The highest BCUT2D eigenvalue weighted by atomic mass is 16.5. The van der Waals surface area contributed by atoms with Crippen molar-refractivity contribution >= 4 is 11.8 Å². The van der Waals surface area contributed by atoms with Crippen LogP contribution < -0.4 is 0 Å². The monoisotopic (exact) mass is 209 g/mol. The molecule has 0 amide bonds. The maximum atomic E-state index is 11.4. The average Bonchev–Trinajstić information content (AvgIpc) is 2.63. The van der Waals surface area contributed by atoms with E-state index in [9.17, 15) is 9.59 Å². The number of hydrogen-bond acceptors (Lipinski definition) is 5. The van der Waals surface area contributed by atoms with E-state index in [0.29, 0.717) is 18.4 Å². The van der Waals surface area contributed by atoms with Crippen molar-refractivity contribution in [2.24, 2.45) is 0 Å². The van der Waals surface area contributed by atoms with Gasteiger partial charge < -0.3 is 9.26 Å². The molecule has 0 aromatic carbocycles. The lowest BCUT2D eigenvalue weighted by Gasteiger charge is -2.07. The largest absolute Gasteiger partial charge is 0.461 e. The Kier molecular flexibility index (Phi) is 2.53. The predicted octanol–water partition coefficient (Wildman–Crippen LogP) is 1.37. The van der Waals surface area contributed by atoms with Crippen LogP contribution in [0.5, 0.6) is 0 Å². The van der Waals surface area contributed by atoms with E-state index in [1.807, 2.05) is 0 Å². The third-order valence-corrected chi connectivity index (χ3v) is 2.34. The Labute approximate surface area is 86.4 Å². The summed E-state index contributed by atoms with van der Waals surface area (Å²) < 4.78 is 9.68. The van der Waals surface area contributed by atoms with Gasteiger partial charge in [0, 0.05) is 12.0 Å². The summed E-state index contributed by atoms with van der Waals surface area (Å²) in [7, 11) is 0. The van der Waals surface area contributed by atoms with E-state index in [4.69, 9.17) is 9.26 Å². The van der Waals surface area contributed by atoms with E-state index in [1.54, 1.807) is 6.92 Å². The standard InChI is InChI=1S/C10H11NO4/c1-2-14-10(13)8-6-4-3-5-7(12)9(6)15-11-8/h2-5H2,1H3. The van der Waals surface area contributed by atoms with Gasteiger partial charge in [0.05, 0.1) is 6.61 Å². The van der Waals surface area contributed by atoms with Crippen LogP contribution in [0.2, 0.25) is 0 Å². The summed E-state index contributed by atoms with van der Waals surface area (Å²) in [4.78, 5) is 22.8. The molecule has 0 radical (unpaired) electrons. The molecule has 0 saturated heterocycles. The summed E-state index contributed by atoms with van der Waals surface area (Å²) >= 11 is 0. The molecule has 5 heteroatoms. The van der Waals surface area contributed by atoms with E-state index >= 15 is 0 Å². The van der Waals surface area contributed by atoms with Gasteiger partial charge >= 0.3 is 5.97 Å². The lowest BCUT2D eigenvalue weighted by Crippen LogP contribution is -2.13. The van der Waals surface area contributed by atoms with Crippen LogP contribution in [0.1, 0.15) is 46.4 Å². The van der Waals surface area contributed by atoms with Gasteiger partial charge in [-0.15, -0.1) is 0 Å². The van der Waals surface area contributed by atoms with Crippen LogP contribution in [0.3, 0.4) is 0 Å². The van der Waals surface area contributed by atoms with Crippen molar-refractivity contribution in [3.05, 3.63) is 17.0 Å². The quantitative estimate of drug-likeness (QED) is 0.688. The molecule has 0 atom stereocenters. The zero-order valence-corrected chi connectivity index (χ0v) is 8.41. The molecule has 1 aliphatic rings. The van der Waals surface area contributed by atoms with Crippen LogP contribution in [-0.4, -0.2) is 23.5 Å². The fourth-order valence-corrected chi connectivity index (χ4v) is 1.66. The van der Waals surface area contributed by atoms with Crippen molar-refractivity contribution in [1.29, 1.82) is 0 Å². The van der Waals surface area contributed by atoms with Gasteiger partial charge in [-0.2, -0.15) is 0 Å². The lowest BCUT2D eigenvalue weighted by atomic mass is 9.95. The van der Waals surface area contributed by atoms with E-state index in [0.717, 1.165) is 6.42 Å². The fraction of sp³-hybridized carbons (Fsp3) is 0.500. The van der Waals surface area contributed by atoms with E-state index in [-0.39, 0.29) is 23.8 Å². The minimum atomic E-state index is -0.516. The highest BCUT2D eigenvalue weighted by molar-refractivity contribution is 5.99. The number of ether oxygens (including phenoxy) is 1. The average molecular weight is 209 g/mol. The first-order chi connectivity index (χ1) is 7.24. The van der Waals surface area contributed by atoms with E-state index in [1.165, 1.54) is 0 Å². The van der Waals surface area contributed by atoms with Gasteiger partial charge in [0.2, 0.25) is 11.5 Å². The van der Waals surface area contributed by atoms with Gasteiger partial charge in [0.15, 0.2) is 5.69 Å².